The number of carbonyl (C=O) groups is 2. The summed E-state index contributed by atoms with van der Waals surface area (Å²) in [6.45, 7) is 6.32. The second-order valence-electron chi connectivity index (χ2n) is 8.10. The van der Waals surface area contributed by atoms with Gasteiger partial charge in [0.05, 0.1) is 12.7 Å². The van der Waals surface area contributed by atoms with Gasteiger partial charge in [0, 0.05) is 31.5 Å². The molecule has 4 rings (SSSR count). The van der Waals surface area contributed by atoms with Crippen molar-refractivity contribution in [3.8, 4) is 34.1 Å². The number of esters is 2. The van der Waals surface area contributed by atoms with E-state index in [0.717, 1.165) is 0 Å². The molecular weight excluding hydrogens is 428 g/mol. The van der Waals surface area contributed by atoms with Crippen LogP contribution in [0, 0.1) is 0 Å². The van der Waals surface area contributed by atoms with Crippen molar-refractivity contribution in [3.05, 3.63) is 52.4 Å². The molecule has 0 atom stereocenters. The first-order valence-corrected chi connectivity index (χ1v) is 10.1. The molecule has 8 heteroatoms. The van der Waals surface area contributed by atoms with Crippen LogP contribution in [0.3, 0.4) is 0 Å². The number of benzene rings is 2. The van der Waals surface area contributed by atoms with Crippen LogP contribution < -0.4 is 24.4 Å². The minimum Gasteiger partial charge on any atom is -0.496 e. The summed E-state index contributed by atoms with van der Waals surface area (Å²) in [5.41, 5.74) is 0.605. The summed E-state index contributed by atoms with van der Waals surface area (Å²) < 4.78 is 27.6. The Labute approximate surface area is 189 Å². The summed E-state index contributed by atoms with van der Waals surface area (Å²) in [5, 5.41) is 0.186. The van der Waals surface area contributed by atoms with E-state index in [1.807, 2.05) is 26.0 Å². The number of methoxy groups -OCH3 is 1. The maximum atomic E-state index is 13.4. The van der Waals surface area contributed by atoms with Crippen LogP contribution in [0.1, 0.15) is 33.3 Å². The number of hydrogen-bond acceptors (Lipinski definition) is 8. The molecule has 0 N–H and O–H groups in total. The minimum atomic E-state index is -0.585. The first kappa shape index (κ1) is 22.1. The van der Waals surface area contributed by atoms with Crippen LogP contribution in [0.4, 0.5) is 0 Å². The maximum Gasteiger partial charge on any atom is 0.308 e. The molecule has 1 aliphatic heterocycles. The van der Waals surface area contributed by atoms with E-state index in [-0.39, 0.29) is 39.2 Å². The van der Waals surface area contributed by atoms with Crippen molar-refractivity contribution in [2.24, 2.45) is 0 Å². The lowest BCUT2D eigenvalue weighted by atomic mass is 9.97. The van der Waals surface area contributed by atoms with E-state index in [9.17, 15) is 14.4 Å². The molecule has 33 heavy (non-hydrogen) atoms. The molecule has 0 saturated carbocycles. The summed E-state index contributed by atoms with van der Waals surface area (Å²) in [5.74, 6) is -0.0307. The quantitative estimate of drug-likeness (QED) is 0.423. The van der Waals surface area contributed by atoms with Gasteiger partial charge < -0.3 is 23.4 Å². The van der Waals surface area contributed by atoms with Crippen LogP contribution in [-0.2, 0) is 9.59 Å². The van der Waals surface area contributed by atoms with Crippen molar-refractivity contribution in [2.75, 3.05) is 7.11 Å². The zero-order valence-electron chi connectivity index (χ0n) is 18.8. The van der Waals surface area contributed by atoms with Gasteiger partial charge in [-0.2, -0.15) is 0 Å². The summed E-state index contributed by atoms with van der Waals surface area (Å²) in [6, 6.07) is 6.21. The predicted octanol–water partition coefficient (Wildman–Crippen LogP) is 4.50. The molecule has 0 radical (unpaired) electrons. The SMILES string of the molecule is COc1cc(OC(C)=O)cc2occ(-c3cc4c(c(OC(C)=O)c3)OC(C)(C)C=C4)c(=O)c12. The van der Waals surface area contributed by atoms with Crippen molar-refractivity contribution in [3.63, 3.8) is 0 Å². The highest BCUT2D eigenvalue weighted by Gasteiger charge is 2.27. The second kappa shape index (κ2) is 8.12. The molecule has 1 aliphatic rings. The number of hydrogen-bond donors (Lipinski definition) is 0. The summed E-state index contributed by atoms with van der Waals surface area (Å²) in [4.78, 5) is 36.5. The van der Waals surface area contributed by atoms with Crippen LogP contribution in [0.15, 0.2) is 45.8 Å². The van der Waals surface area contributed by atoms with Crippen molar-refractivity contribution in [2.45, 2.75) is 33.3 Å². The highest BCUT2D eigenvalue weighted by molar-refractivity contribution is 5.90. The highest BCUT2D eigenvalue weighted by atomic mass is 16.6. The first-order chi connectivity index (χ1) is 15.6. The molecule has 0 aliphatic carbocycles. The Morgan fingerprint density at radius 3 is 2.36 bits per heavy atom. The molecule has 0 spiro atoms. The lowest BCUT2D eigenvalue weighted by molar-refractivity contribution is -0.132. The monoisotopic (exact) mass is 450 g/mol. The molecule has 2 aromatic carbocycles. The zero-order chi connectivity index (χ0) is 23.9. The van der Waals surface area contributed by atoms with Crippen molar-refractivity contribution in [1.82, 2.24) is 0 Å². The van der Waals surface area contributed by atoms with Gasteiger partial charge in [-0.3, -0.25) is 14.4 Å². The van der Waals surface area contributed by atoms with Crippen molar-refractivity contribution >= 4 is 29.0 Å². The molecule has 2 heterocycles. The molecule has 3 aromatic rings. The van der Waals surface area contributed by atoms with E-state index in [1.54, 1.807) is 12.1 Å². The highest BCUT2D eigenvalue weighted by Crippen LogP contribution is 2.42. The van der Waals surface area contributed by atoms with Gasteiger partial charge in [0.15, 0.2) is 11.5 Å². The third-order valence-electron chi connectivity index (χ3n) is 4.97. The van der Waals surface area contributed by atoms with Crippen molar-refractivity contribution < 1.29 is 33.0 Å². The second-order valence-corrected chi connectivity index (χ2v) is 8.10. The first-order valence-electron chi connectivity index (χ1n) is 10.1. The average molecular weight is 450 g/mol. The predicted molar refractivity (Wildman–Crippen MR) is 121 cm³/mol. The van der Waals surface area contributed by atoms with Crippen molar-refractivity contribution in [1.29, 1.82) is 0 Å². The number of ether oxygens (including phenoxy) is 4. The molecule has 8 nitrogen and oxygen atoms in total. The number of carbonyl (C=O) groups excluding carboxylic acids is 2. The van der Waals surface area contributed by atoms with E-state index in [4.69, 9.17) is 23.4 Å². The summed E-state index contributed by atoms with van der Waals surface area (Å²) in [7, 11) is 1.40. The standard InChI is InChI=1S/C25H22O8/c1-13(26)31-17-10-19(29-5)22-20(11-17)30-12-18(23(22)28)16-8-15-6-7-25(3,4)33-24(15)21(9-16)32-14(2)27/h6-12H,1-5H3. The fourth-order valence-corrected chi connectivity index (χ4v) is 3.61. The minimum absolute atomic E-state index is 0.186. The van der Waals surface area contributed by atoms with E-state index in [2.05, 4.69) is 0 Å². The van der Waals surface area contributed by atoms with Crippen LogP contribution >= 0.6 is 0 Å². The summed E-state index contributed by atoms with van der Waals surface area (Å²) in [6.07, 6.45) is 5.03. The van der Waals surface area contributed by atoms with Crippen LogP contribution in [-0.4, -0.2) is 24.6 Å². The van der Waals surface area contributed by atoms with Crippen LogP contribution in [0.2, 0.25) is 0 Å². The largest absolute Gasteiger partial charge is 0.496 e. The van der Waals surface area contributed by atoms with Gasteiger partial charge in [-0.15, -0.1) is 0 Å². The van der Waals surface area contributed by atoms with E-state index >= 15 is 0 Å². The third kappa shape index (κ3) is 4.32. The van der Waals surface area contributed by atoms with Crippen LogP contribution in [0.25, 0.3) is 28.2 Å². The van der Waals surface area contributed by atoms with Gasteiger partial charge in [-0.25, -0.2) is 0 Å². The molecule has 1 aromatic heterocycles. The Balaban J connectivity index is 1.92. The van der Waals surface area contributed by atoms with Gasteiger partial charge in [0.25, 0.3) is 0 Å². The van der Waals surface area contributed by atoms with Gasteiger partial charge in [-0.1, -0.05) is 6.08 Å². The fourth-order valence-electron chi connectivity index (χ4n) is 3.61. The van der Waals surface area contributed by atoms with Gasteiger partial charge >= 0.3 is 11.9 Å². The Bertz CT molecular complexity index is 1380. The molecule has 0 saturated heterocycles. The average Bonchev–Trinajstić information content (AvgIpc) is 2.72. The fraction of sp³-hybridized carbons (Fsp3) is 0.240. The molecule has 0 amide bonds. The van der Waals surface area contributed by atoms with Crippen LogP contribution in [0.5, 0.6) is 23.0 Å². The molecule has 0 unspecified atom stereocenters. The molecule has 170 valence electrons. The topological polar surface area (TPSA) is 101 Å². The molecule has 0 fully saturated rings. The Morgan fingerprint density at radius 2 is 1.70 bits per heavy atom. The molecule has 0 bridgehead atoms. The lowest BCUT2D eigenvalue weighted by Crippen LogP contribution is -2.28. The number of fused-ring (bicyclic) bond motifs is 2. The van der Waals surface area contributed by atoms with E-state index < -0.39 is 17.5 Å². The molecular formula is C25H22O8. The Hall–Kier alpha value is -4.07. The Morgan fingerprint density at radius 1 is 0.970 bits per heavy atom. The van der Waals surface area contributed by atoms with Gasteiger partial charge in [0.2, 0.25) is 5.43 Å². The Kier molecular flexibility index (Phi) is 5.45. The third-order valence-corrected chi connectivity index (χ3v) is 4.97. The van der Waals surface area contributed by atoms with E-state index in [0.29, 0.717) is 16.9 Å². The smallest absolute Gasteiger partial charge is 0.308 e. The summed E-state index contributed by atoms with van der Waals surface area (Å²) >= 11 is 0. The van der Waals surface area contributed by atoms with Gasteiger partial charge in [0.1, 0.15) is 34.3 Å². The zero-order valence-corrected chi connectivity index (χ0v) is 18.8. The lowest BCUT2D eigenvalue weighted by Gasteiger charge is -2.29. The van der Waals surface area contributed by atoms with E-state index in [1.165, 1.54) is 39.4 Å². The van der Waals surface area contributed by atoms with Gasteiger partial charge in [-0.05, 0) is 37.6 Å². The normalized spacial score (nSPS) is 13.7. The number of rotatable bonds is 4. The maximum absolute atomic E-state index is 13.4.